The minimum atomic E-state index is -4.53. The molecule has 0 unspecified atom stereocenters. The van der Waals surface area contributed by atoms with E-state index in [0.29, 0.717) is 5.56 Å². The molecule has 32 heavy (non-hydrogen) atoms. The lowest BCUT2D eigenvalue weighted by atomic mass is 10.0. The summed E-state index contributed by atoms with van der Waals surface area (Å²) in [4.78, 5) is 25.0. The molecule has 1 N–H and O–H groups in total. The third kappa shape index (κ3) is 5.57. The van der Waals surface area contributed by atoms with Crippen molar-refractivity contribution in [2.45, 2.75) is 13.1 Å². The number of nitrogens with one attached hydrogen (secondary N) is 1. The molecule has 9 heteroatoms. The second-order valence-electron chi connectivity index (χ2n) is 6.50. The van der Waals surface area contributed by atoms with Gasteiger partial charge in [-0.05, 0) is 42.3 Å². The van der Waals surface area contributed by atoms with Crippen LogP contribution in [0, 0.1) is 0 Å². The van der Waals surface area contributed by atoms with Crippen LogP contribution in [0.2, 0.25) is 5.02 Å². The number of ether oxygens (including phenoxy) is 1. The Bertz CT molecular complexity index is 1160. The van der Waals surface area contributed by atoms with Gasteiger partial charge >= 0.3 is 12.1 Å². The van der Waals surface area contributed by atoms with Crippen LogP contribution in [0.1, 0.15) is 28.4 Å². The number of carbonyl (C=O) groups excluding carboxylic acids is 2. The molecule has 2 aromatic carbocycles. The maximum absolute atomic E-state index is 12.9. The Morgan fingerprint density at radius 2 is 1.88 bits per heavy atom. The Morgan fingerprint density at radius 3 is 2.53 bits per heavy atom. The number of hydrogen-bond donors (Lipinski definition) is 1. The van der Waals surface area contributed by atoms with Gasteiger partial charge in [0.25, 0.3) is 0 Å². The Hall–Kier alpha value is -3.10. The molecule has 0 radical (unpaired) electrons. The molecule has 1 heterocycles. The monoisotopic (exact) mass is 479 g/mol. The average molecular weight is 480 g/mol. The quantitative estimate of drug-likeness (QED) is 0.308. The summed E-state index contributed by atoms with van der Waals surface area (Å²) in [5, 5.41) is 4.66. The predicted molar refractivity (Wildman–Crippen MR) is 120 cm³/mol. The van der Waals surface area contributed by atoms with Crippen molar-refractivity contribution in [2.75, 3.05) is 11.9 Å². The maximum atomic E-state index is 12.9. The second kappa shape index (κ2) is 10.0. The first-order valence-corrected chi connectivity index (χ1v) is 10.7. The number of rotatable bonds is 6. The van der Waals surface area contributed by atoms with Gasteiger partial charge in [-0.2, -0.15) is 13.2 Å². The fourth-order valence-electron chi connectivity index (χ4n) is 2.85. The molecule has 3 aromatic rings. The molecule has 0 saturated carbocycles. The van der Waals surface area contributed by atoms with Gasteiger partial charge in [-0.3, -0.25) is 4.79 Å². The van der Waals surface area contributed by atoms with E-state index < -0.39 is 23.6 Å². The average Bonchev–Trinajstić information content (AvgIpc) is 3.16. The van der Waals surface area contributed by atoms with Gasteiger partial charge in [0.1, 0.15) is 10.6 Å². The van der Waals surface area contributed by atoms with Gasteiger partial charge in [0.05, 0.1) is 12.2 Å². The van der Waals surface area contributed by atoms with Crippen LogP contribution in [0.15, 0.2) is 60.0 Å². The summed E-state index contributed by atoms with van der Waals surface area (Å²) < 4.78 is 43.9. The summed E-state index contributed by atoms with van der Waals surface area (Å²) in [6.07, 6.45) is -2.30. The topological polar surface area (TPSA) is 55.4 Å². The number of halogens is 4. The molecule has 166 valence electrons. The SMILES string of the molecule is CCOC(=O)c1c(-c2ccccc2)csc1NC(=O)/C=C/c1cc(C(F)(F)F)ccc1Cl. The van der Waals surface area contributed by atoms with E-state index >= 15 is 0 Å². The molecule has 0 aliphatic rings. The zero-order chi connectivity index (χ0) is 23.3. The molecule has 0 bridgehead atoms. The number of alkyl halides is 3. The zero-order valence-corrected chi connectivity index (χ0v) is 18.3. The summed E-state index contributed by atoms with van der Waals surface area (Å²) in [6.45, 7) is 1.83. The lowest BCUT2D eigenvalue weighted by Crippen LogP contribution is -2.12. The largest absolute Gasteiger partial charge is 0.462 e. The van der Waals surface area contributed by atoms with Crippen LogP contribution < -0.4 is 5.32 Å². The van der Waals surface area contributed by atoms with E-state index in [4.69, 9.17) is 16.3 Å². The molecule has 4 nitrogen and oxygen atoms in total. The summed E-state index contributed by atoms with van der Waals surface area (Å²) in [5.74, 6) is -1.22. The van der Waals surface area contributed by atoms with Gasteiger partial charge in [0.2, 0.25) is 5.91 Å². The van der Waals surface area contributed by atoms with E-state index in [2.05, 4.69) is 5.32 Å². The van der Waals surface area contributed by atoms with Crippen LogP contribution in [0.5, 0.6) is 0 Å². The summed E-state index contributed by atoms with van der Waals surface area (Å²) in [5.41, 5.74) is 0.755. The van der Waals surface area contributed by atoms with Crippen molar-refractivity contribution >= 4 is 45.9 Å². The Labute approximate surface area is 191 Å². The van der Waals surface area contributed by atoms with E-state index in [0.717, 1.165) is 41.2 Å². The standard InChI is InChI=1S/C23H17ClF3NO3S/c1-2-31-22(30)20-17(14-6-4-3-5-7-14)13-32-21(20)28-19(29)11-8-15-12-16(23(25,26)27)9-10-18(15)24/h3-13H,2H2,1H3,(H,28,29)/b11-8+. The number of anilines is 1. The molecule has 0 fully saturated rings. The van der Waals surface area contributed by atoms with Gasteiger partial charge in [-0.25, -0.2) is 4.79 Å². The molecule has 3 rings (SSSR count). The number of esters is 1. The van der Waals surface area contributed by atoms with Crippen LogP contribution in [-0.2, 0) is 15.7 Å². The highest BCUT2D eigenvalue weighted by Crippen LogP contribution is 2.36. The Morgan fingerprint density at radius 1 is 1.16 bits per heavy atom. The third-order valence-electron chi connectivity index (χ3n) is 4.33. The van der Waals surface area contributed by atoms with Crippen molar-refractivity contribution in [1.29, 1.82) is 0 Å². The van der Waals surface area contributed by atoms with Crippen LogP contribution >= 0.6 is 22.9 Å². The number of carbonyl (C=O) groups is 2. The van der Waals surface area contributed by atoms with Gasteiger partial charge < -0.3 is 10.1 Å². The van der Waals surface area contributed by atoms with Crippen molar-refractivity contribution < 1.29 is 27.5 Å². The van der Waals surface area contributed by atoms with E-state index in [1.807, 2.05) is 30.3 Å². The molecule has 0 atom stereocenters. The predicted octanol–water partition coefficient (Wildman–Crippen LogP) is 6.92. The molecule has 1 aromatic heterocycles. The molecule has 1 amide bonds. The van der Waals surface area contributed by atoms with E-state index in [-0.39, 0.29) is 27.8 Å². The molecule has 0 spiro atoms. The van der Waals surface area contributed by atoms with Crippen molar-refractivity contribution in [3.63, 3.8) is 0 Å². The second-order valence-corrected chi connectivity index (χ2v) is 7.78. The zero-order valence-electron chi connectivity index (χ0n) is 16.7. The number of thiophene rings is 1. The fraction of sp³-hybridized carbons (Fsp3) is 0.130. The molecule has 0 saturated heterocycles. The minimum absolute atomic E-state index is 0.0402. The minimum Gasteiger partial charge on any atom is -0.462 e. The summed E-state index contributed by atoms with van der Waals surface area (Å²) in [7, 11) is 0. The van der Waals surface area contributed by atoms with E-state index in [9.17, 15) is 22.8 Å². The van der Waals surface area contributed by atoms with Gasteiger partial charge in [0.15, 0.2) is 0 Å². The Balaban J connectivity index is 1.87. The lowest BCUT2D eigenvalue weighted by Gasteiger charge is -2.09. The Kier molecular flexibility index (Phi) is 7.37. The fourth-order valence-corrected chi connectivity index (χ4v) is 3.99. The number of amides is 1. The van der Waals surface area contributed by atoms with Gasteiger partial charge in [-0.1, -0.05) is 41.9 Å². The van der Waals surface area contributed by atoms with Crippen LogP contribution in [-0.4, -0.2) is 18.5 Å². The number of hydrogen-bond acceptors (Lipinski definition) is 4. The van der Waals surface area contributed by atoms with Crippen molar-refractivity contribution in [1.82, 2.24) is 0 Å². The highest BCUT2D eigenvalue weighted by molar-refractivity contribution is 7.15. The highest BCUT2D eigenvalue weighted by Gasteiger charge is 2.30. The lowest BCUT2D eigenvalue weighted by molar-refractivity contribution is -0.137. The van der Waals surface area contributed by atoms with Crippen LogP contribution in [0.25, 0.3) is 17.2 Å². The normalized spacial score (nSPS) is 11.5. The maximum Gasteiger partial charge on any atom is 0.416 e. The van der Waals surface area contributed by atoms with E-state index in [1.54, 1.807) is 12.3 Å². The number of benzene rings is 2. The first kappa shape index (κ1) is 23.6. The molecular formula is C23H17ClF3NO3S. The van der Waals surface area contributed by atoms with Crippen molar-refractivity contribution in [3.05, 3.63) is 81.7 Å². The summed E-state index contributed by atoms with van der Waals surface area (Å²) in [6, 6.07) is 12.0. The van der Waals surface area contributed by atoms with Crippen LogP contribution in [0.3, 0.4) is 0 Å². The smallest absolute Gasteiger partial charge is 0.416 e. The first-order valence-electron chi connectivity index (χ1n) is 9.40. The molecule has 0 aliphatic carbocycles. The van der Waals surface area contributed by atoms with Crippen molar-refractivity contribution in [3.8, 4) is 11.1 Å². The van der Waals surface area contributed by atoms with E-state index in [1.165, 1.54) is 6.08 Å². The van der Waals surface area contributed by atoms with Gasteiger partial charge in [-0.15, -0.1) is 11.3 Å². The van der Waals surface area contributed by atoms with Crippen molar-refractivity contribution in [2.24, 2.45) is 0 Å². The summed E-state index contributed by atoms with van der Waals surface area (Å²) >= 11 is 7.10. The highest BCUT2D eigenvalue weighted by atomic mass is 35.5. The third-order valence-corrected chi connectivity index (χ3v) is 5.57. The molecule has 0 aliphatic heterocycles. The van der Waals surface area contributed by atoms with Gasteiger partial charge in [0, 0.05) is 22.0 Å². The van der Waals surface area contributed by atoms with Crippen LogP contribution in [0.4, 0.5) is 18.2 Å². The first-order chi connectivity index (χ1) is 15.2. The molecular weight excluding hydrogens is 463 g/mol.